The van der Waals surface area contributed by atoms with E-state index in [1.807, 2.05) is 18.2 Å². The zero-order valence-electron chi connectivity index (χ0n) is 17.0. The highest BCUT2D eigenvalue weighted by molar-refractivity contribution is 9.10. The van der Waals surface area contributed by atoms with Crippen LogP contribution in [0.2, 0.25) is 5.02 Å². The Morgan fingerprint density at radius 3 is 2.47 bits per heavy atom. The van der Waals surface area contributed by atoms with Crippen LogP contribution in [0.3, 0.4) is 0 Å². The third-order valence-corrected chi connectivity index (χ3v) is 5.48. The van der Waals surface area contributed by atoms with Gasteiger partial charge in [0, 0.05) is 15.1 Å². The van der Waals surface area contributed by atoms with Crippen molar-refractivity contribution >= 4 is 51.1 Å². The van der Waals surface area contributed by atoms with E-state index in [-0.39, 0.29) is 12.2 Å². The smallest absolute Gasteiger partial charge is 0.282 e. The lowest BCUT2D eigenvalue weighted by Gasteiger charge is -2.15. The van der Waals surface area contributed by atoms with Crippen LogP contribution in [0.4, 0.5) is 5.69 Å². The van der Waals surface area contributed by atoms with Crippen LogP contribution in [0.1, 0.15) is 11.1 Å². The Bertz CT molecular complexity index is 1200. The largest absolute Gasteiger partial charge is 0.493 e. The molecule has 0 atom stereocenters. The van der Waals surface area contributed by atoms with Crippen LogP contribution in [0.5, 0.6) is 11.5 Å². The zero-order chi connectivity index (χ0) is 22.7. The van der Waals surface area contributed by atoms with E-state index >= 15 is 0 Å². The lowest BCUT2D eigenvalue weighted by molar-refractivity contribution is -0.117. The molecule has 3 aromatic rings. The first-order valence-electron chi connectivity index (χ1n) is 9.63. The number of hydrogen-bond donors (Lipinski definition) is 1. The van der Waals surface area contributed by atoms with Crippen LogP contribution in [0.15, 0.2) is 76.8 Å². The van der Waals surface area contributed by atoms with Crippen LogP contribution in [-0.4, -0.2) is 18.9 Å². The number of benzene rings is 3. The number of carbonyl (C=O) groups is 2. The third kappa shape index (κ3) is 4.64. The Morgan fingerprint density at radius 1 is 1.06 bits per heavy atom. The van der Waals surface area contributed by atoms with Gasteiger partial charge in [-0.1, -0.05) is 57.9 Å². The molecule has 1 N–H and O–H groups in total. The minimum Gasteiger partial charge on any atom is -0.493 e. The number of hydrazine groups is 1. The molecule has 4 rings (SSSR count). The number of ether oxygens (including phenoxy) is 2. The Balaban J connectivity index is 1.68. The van der Waals surface area contributed by atoms with Crippen LogP contribution in [0.25, 0.3) is 6.08 Å². The first kappa shape index (κ1) is 21.9. The summed E-state index contributed by atoms with van der Waals surface area (Å²) < 4.78 is 12.2. The fourth-order valence-corrected chi connectivity index (χ4v) is 3.79. The number of carbonyl (C=O) groups excluding carboxylic acids is 2. The number of rotatable bonds is 6. The van der Waals surface area contributed by atoms with Crippen LogP contribution >= 0.6 is 27.5 Å². The molecule has 1 aliphatic heterocycles. The molecule has 1 saturated heterocycles. The number of nitrogens with one attached hydrogen (secondary N) is 1. The van der Waals surface area contributed by atoms with Gasteiger partial charge >= 0.3 is 0 Å². The number of halogens is 2. The average molecular weight is 514 g/mol. The first-order chi connectivity index (χ1) is 15.5. The van der Waals surface area contributed by atoms with E-state index in [1.54, 1.807) is 48.5 Å². The highest BCUT2D eigenvalue weighted by Gasteiger charge is 2.34. The van der Waals surface area contributed by atoms with Gasteiger partial charge in [-0.05, 0) is 48.0 Å². The summed E-state index contributed by atoms with van der Waals surface area (Å²) in [6.45, 7) is 0.252. The molecule has 0 saturated carbocycles. The van der Waals surface area contributed by atoms with Crippen molar-refractivity contribution in [1.82, 2.24) is 5.43 Å². The second kappa shape index (κ2) is 9.46. The van der Waals surface area contributed by atoms with E-state index in [1.165, 1.54) is 18.2 Å². The maximum atomic E-state index is 13.0. The molecule has 0 bridgehead atoms. The fraction of sp³-hybridized carbons (Fsp3) is 0.0833. The van der Waals surface area contributed by atoms with Crippen molar-refractivity contribution in [3.63, 3.8) is 0 Å². The molecule has 0 aromatic heterocycles. The maximum Gasteiger partial charge on any atom is 0.282 e. The number of hydrogen-bond acceptors (Lipinski definition) is 4. The molecule has 0 spiro atoms. The second-order valence-electron chi connectivity index (χ2n) is 6.92. The highest BCUT2D eigenvalue weighted by Crippen LogP contribution is 2.37. The van der Waals surface area contributed by atoms with E-state index < -0.39 is 11.8 Å². The summed E-state index contributed by atoms with van der Waals surface area (Å²) in [5, 5.41) is 1.85. The van der Waals surface area contributed by atoms with Gasteiger partial charge in [0.1, 0.15) is 12.2 Å². The molecule has 32 heavy (non-hydrogen) atoms. The second-order valence-corrected chi connectivity index (χ2v) is 8.27. The molecule has 8 heteroatoms. The summed E-state index contributed by atoms with van der Waals surface area (Å²) in [7, 11) is 1.53. The lowest BCUT2D eigenvalue weighted by atomic mass is 10.1. The summed E-state index contributed by atoms with van der Waals surface area (Å²) >= 11 is 9.39. The van der Waals surface area contributed by atoms with Gasteiger partial charge in [0.05, 0.1) is 12.8 Å². The van der Waals surface area contributed by atoms with Gasteiger partial charge in [-0.3, -0.25) is 15.0 Å². The molecule has 1 heterocycles. The predicted molar refractivity (Wildman–Crippen MR) is 127 cm³/mol. The maximum absolute atomic E-state index is 13.0. The zero-order valence-corrected chi connectivity index (χ0v) is 19.3. The average Bonchev–Trinajstić information content (AvgIpc) is 3.08. The van der Waals surface area contributed by atoms with E-state index in [9.17, 15) is 9.59 Å². The third-order valence-electron chi connectivity index (χ3n) is 4.77. The van der Waals surface area contributed by atoms with E-state index in [2.05, 4.69) is 21.4 Å². The van der Waals surface area contributed by atoms with Crippen molar-refractivity contribution < 1.29 is 19.1 Å². The van der Waals surface area contributed by atoms with Gasteiger partial charge in [-0.2, -0.15) is 0 Å². The van der Waals surface area contributed by atoms with Crippen molar-refractivity contribution in [2.45, 2.75) is 6.61 Å². The van der Waals surface area contributed by atoms with Crippen molar-refractivity contribution in [1.29, 1.82) is 0 Å². The Labute approximate surface area is 198 Å². The number of amides is 2. The molecular formula is C24H18BrClN2O4. The van der Waals surface area contributed by atoms with Crippen molar-refractivity contribution in [3.8, 4) is 11.5 Å². The van der Waals surface area contributed by atoms with Gasteiger partial charge in [0.25, 0.3) is 11.8 Å². The van der Waals surface area contributed by atoms with Gasteiger partial charge in [-0.25, -0.2) is 5.01 Å². The van der Waals surface area contributed by atoms with Crippen molar-refractivity contribution in [2.24, 2.45) is 0 Å². The summed E-state index contributed by atoms with van der Waals surface area (Å²) in [5.74, 6) is -0.0758. The fourth-order valence-electron chi connectivity index (χ4n) is 3.21. The van der Waals surface area contributed by atoms with Crippen LogP contribution in [0, 0.1) is 0 Å². The monoisotopic (exact) mass is 512 g/mol. The van der Waals surface area contributed by atoms with Crippen LogP contribution in [-0.2, 0) is 16.2 Å². The molecule has 0 radical (unpaired) electrons. The quantitative estimate of drug-likeness (QED) is 0.366. The molecule has 1 aliphatic rings. The standard InChI is InChI=1S/C24H18BrClN2O4/c1-31-21-13-17(25)11-16(22(21)32-14-15-7-9-18(26)10-8-15)12-20-23(29)27-28(24(20)30)19-5-3-2-4-6-19/h2-13H,14H2,1H3,(H,27,29)/b20-12-. The van der Waals surface area contributed by atoms with Gasteiger partial charge < -0.3 is 9.47 Å². The lowest BCUT2D eigenvalue weighted by Crippen LogP contribution is -2.35. The van der Waals surface area contributed by atoms with Crippen molar-refractivity contribution in [2.75, 3.05) is 12.1 Å². The minimum absolute atomic E-state index is 0.00894. The van der Waals surface area contributed by atoms with E-state index in [0.29, 0.717) is 32.2 Å². The Hall–Kier alpha value is -3.29. The van der Waals surface area contributed by atoms with Crippen molar-refractivity contribution in [3.05, 3.63) is 92.9 Å². The normalized spacial score (nSPS) is 14.6. The predicted octanol–water partition coefficient (Wildman–Crippen LogP) is 5.15. The molecule has 3 aromatic carbocycles. The molecule has 162 valence electrons. The topological polar surface area (TPSA) is 67.9 Å². The van der Waals surface area contributed by atoms with E-state index in [0.717, 1.165) is 5.56 Å². The summed E-state index contributed by atoms with van der Waals surface area (Å²) in [6, 6.07) is 19.7. The van der Waals surface area contributed by atoms with Gasteiger partial charge in [0.2, 0.25) is 0 Å². The summed E-state index contributed by atoms with van der Waals surface area (Å²) in [4.78, 5) is 25.6. The SMILES string of the molecule is COc1cc(Br)cc(/C=C2/C(=O)NN(c3ccccc3)C2=O)c1OCc1ccc(Cl)cc1. The number of anilines is 1. The molecule has 6 nitrogen and oxygen atoms in total. The van der Waals surface area contributed by atoms with E-state index in [4.69, 9.17) is 21.1 Å². The molecule has 1 fully saturated rings. The van der Waals surface area contributed by atoms with Gasteiger partial charge in [0.15, 0.2) is 11.5 Å². The summed E-state index contributed by atoms with van der Waals surface area (Å²) in [6.07, 6.45) is 1.51. The summed E-state index contributed by atoms with van der Waals surface area (Å²) in [5.41, 5.74) is 4.59. The van der Waals surface area contributed by atoms with Crippen LogP contribution < -0.4 is 19.9 Å². The molecule has 2 amide bonds. The Kier molecular flexibility index (Phi) is 6.48. The first-order valence-corrected chi connectivity index (χ1v) is 10.8. The molecule has 0 unspecified atom stereocenters. The number of para-hydroxylation sites is 1. The molecule has 0 aliphatic carbocycles. The highest BCUT2D eigenvalue weighted by atomic mass is 79.9. The molecular weight excluding hydrogens is 496 g/mol. The number of methoxy groups -OCH3 is 1. The minimum atomic E-state index is -0.499. The number of nitrogens with zero attached hydrogens (tertiary/aromatic N) is 1. The Morgan fingerprint density at radius 2 is 1.78 bits per heavy atom. The van der Waals surface area contributed by atoms with Gasteiger partial charge in [-0.15, -0.1) is 0 Å².